The molecule has 0 aromatic carbocycles. The van der Waals surface area contributed by atoms with Gasteiger partial charge >= 0.3 is 0 Å². The maximum atomic E-state index is 11.4. The Labute approximate surface area is 100 Å². The molecule has 0 aliphatic heterocycles. The quantitative estimate of drug-likeness (QED) is 0.529. The number of amides is 1. The highest BCUT2D eigenvalue weighted by atomic mass is 35.5. The summed E-state index contributed by atoms with van der Waals surface area (Å²) in [4.78, 5) is 22.2. The molecule has 0 fully saturated rings. The smallest absolute Gasteiger partial charge is 0.217 e. The molecule has 0 heterocycles. The van der Waals surface area contributed by atoms with Crippen LogP contribution in [-0.4, -0.2) is 35.1 Å². The first kappa shape index (κ1) is 14.8. The molecule has 0 bridgehead atoms. The molecule has 0 saturated carbocycles. The third-order valence-electron chi connectivity index (χ3n) is 1.82. The standard InChI is InChI=1S/C10H18ClNO2S/c1-3-4-5-15-7-9(10(14)6-11)12-8(2)13/h9H,3-7H2,1-2H3,(H,12,13)/t9-/m0/s1. The van der Waals surface area contributed by atoms with Gasteiger partial charge in [0.1, 0.15) is 0 Å². The van der Waals surface area contributed by atoms with E-state index in [9.17, 15) is 9.59 Å². The van der Waals surface area contributed by atoms with E-state index in [1.165, 1.54) is 6.92 Å². The zero-order valence-electron chi connectivity index (χ0n) is 9.22. The minimum absolute atomic E-state index is 0.0424. The molecule has 1 atom stereocenters. The second kappa shape index (κ2) is 9.04. The minimum atomic E-state index is -0.429. The number of unbranched alkanes of at least 4 members (excludes halogenated alkanes) is 1. The van der Waals surface area contributed by atoms with E-state index >= 15 is 0 Å². The lowest BCUT2D eigenvalue weighted by Crippen LogP contribution is -2.42. The molecule has 0 radical (unpaired) electrons. The van der Waals surface area contributed by atoms with Gasteiger partial charge in [-0.15, -0.1) is 11.6 Å². The first-order valence-electron chi connectivity index (χ1n) is 5.05. The molecule has 15 heavy (non-hydrogen) atoms. The van der Waals surface area contributed by atoms with Crippen molar-refractivity contribution in [3.05, 3.63) is 0 Å². The average Bonchev–Trinajstić information content (AvgIpc) is 2.21. The van der Waals surface area contributed by atoms with E-state index in [4.69, 9.17) is 11.6 Å². The number of ketones is 1. The van der Waals surface area contributed by atoms with Crippen molar-refractivity contribution in [1.82, 2.24) is 5.32 Å². The third-order valence-corrected chi connectivity index (χ3v) is 3.23. The van der Waals surface area contributed by atoms with Gasteiger partial charge in [-0.1, -0.05) is 13.3 Å². The minimum Gasteiger partial charge on any atom is -0.346 e. The van der Waals surface area contributed by atoms with Gasteiger partial charge in [-0.25, -0.2) is 0 Å². The van der Waals surface area contributed by atoms with Crippen LogP contribution in [0.3, 0.4) is 0 Å². The van der Waals surface area contributed by atoms with E-state index in [2.05, 4.69) is 12.2 Å². The van der Waals surface area contributed by atoms with Gasteiger partial charge in [0.2, 0.25) is 5.91 Å². The van der Waals surface area contributed by atoms with Gasteiger partial charge in [-0.3, -0.25) is 9.59 Å². The summed E-state index contributed by atoms with van der Waals surface area (Å²) in [5.74, 6) is 1.29. The van der Waals surface area contributed by atoms with Crippen LogP contribution in [0, 0.1) is 0 Å². The third kappa shape index (κ3) is 7.68. The lowest BCUT2D eigenvalue weighted by atomic mass is 10.2. The van der Waals surface area contributed by atoms with Crippen LogP contribution < -0.4 is 5.32 Å². The number of Topliss-reactive ketones (excluding diaryl/α,β-unsaturated/α-hetero) is 1. The molecule has 0 saturated heterocycles. The fourth-order valence-electron chi connectivity index (χ4n) is 1.00. The van der Waals surface area contributed by atoms with Crippen molar-refractivity contribution >= 4 is 35.1 Å². The first-order valence-corrected chi connectivity index (χ1v) is 6.74. The fraction of sp³-hybridized carbons (Fsp3) is 0.800. The lowest BCUT2D eigenvalue weighted by molar-refractivity contribution is -0.124. The van der Waals surface area contributed by atoms with Crippen LogP contribution >= 0.6 is 23.4 Å². The van der Waals surface area contributed by atoms with Crippen molar-refractivity contribution in [2.75, 3.05) is 17.4 Å². The van der Waals surface area contributed by atoms with Crippen LogP contribution in [0.5, 0.6) is 0 Å². The summed E-state index contributed by atoms with van der Waals surface area (Å²) in [5.41, 5.74) is 0. The molecule has 0 rings (SSSR count). The Kier molecular flexibility index (Phi) is 8.91. The normalized spacial score (nSPS) is 12.2. The number of carbonyl (C=O) groups excluding carboxylic acids is 2. The SMILES string of the molecule is CCCCSC[C@H](NC(C)=O)C(=O)CCl. The average molecular weight is 252 g/mol. The maximum Gasteiger partial charge on any atom is 0.217 e. The Bertz CT molecular complexity index is 212. The summed E-state index contributed by atoms with van der Waals surface area (Å²) in [7, 11) is 0. The molecule has 1 amide bonds. The summed E-state index contributed by atoms with van der Waals surface area (Å²) >= 11 is 7.14. The number of carbonyl (C=O) groups is 2. The number of alkyl halides is 1. The van der Waals surface area contributed by atoms with E-state index in [0.29, 0.717) is 5.75 Å². The molecule has 3 nitrogen and oxygen atoms in total. The van der Waals surface area contributed by atoms with Crippen molar-refractivity contribution in [2.24, 2.45) is 0 Å². The first-order chi connectivity index (χ1) is 7.11. The van der Waals surface area contributed by atoms with Crippen LogP contribution in [0.4, 0.5) is 0 Å². The Morgan fingerprint density at radius 1 is 1.47 bits per heavy atom. The van der Waals surface area contributed by atoms with E-state index in [0.717, 1.165) is 18.6 Å². The highest BCUT2D eigenvalue weighted by molar-refractivity contribution is 7.99. The number of nitrogens with one attached hydrogen (secondary N) is 1. The van der Waals surface area contributed by atoms with Crippen molar-refractivity contribution in [3.8, 4) is 0 Å². The Hall–Kier alpha value is -0.220. The topological polar surface area (TPSA) is 46.2 Å². The molecular weight excluding hydrogens is 234 g/mol. The van der Waals surface area contributed by atoms with Crippen molar-refractivity contribution in [3.63, 3.8) is 0 Å². The molecule has 5 heteroatoms. The summed E-state index contributed by atoms with van der Waals surface area (Å²) in [6.45, 7) is 3.53. The number of hydrogen-bond donors (Lipinski definition) is 1. The van der Waals surface area contributed by atoms with E-state index in [1.807, 2.05) is 0 Å². The van der Waals surface area contributed by atoms with Gasteiger partial charge in [0.15, 0.2) is 5.78 Å². The van der Waals surface area contributed by atoms with E-state index in [-0.39, 0.29) is 17.6 Å². The molecule has 88 valence electrons. The second-order valence-electron chi connectivity index (χ2n) is 3.28. The lowest BCUT2D eigenvalue weighted by Gasteiger charge is -2.14. The molecule has 0 unspecified atom stereocenters. The molecular formula is C10H18ClNO2S. The summed E-state index contributed by atoms with van der Waals surface area (Å²) in [6, 6.07) is -0.429. The van der Waals surface area contributed by atoms with Gasteiger partial charge in [0.25, 0.3) is 0 Å². The Morgan fingerprint density at radius 2 is 2.13 bits per heavy atom. The predicted octanol–water partition coefficient (Wildman–Crippen LogP) is 1.83. The summed E-state index contributed by atoms with van der Waals surface area (Å²) < 4.78 is 0. The molecule has 1 N–H and O–H groups in total. The molecule has 0 aliphatic carbocycles. The number of rotatable bonds is 8. The highest BCUT2D eigenvalue weighted by Crippen LogP contribution is 2.07. The fourth-order valence-corrected chi connectivity index (χ4v) is 2.35. The van der Waals surface area contributed by atoms with Gasteiger partial charge < -0.3 is 5.32 Å². The summed E-state index contributed by atoms with van der Waals surface area (Å²) in [5, 5.41) is 2.61. The number of hydrogen-bond acceptors (Lipinski definition) is 3. The predicted molar refractivity (Wildman–Crippen MR) is 65.6 cm³/mol. The largest absolute Gasteiger partial charge is 0.346 e. The monoisotopic (exact) mass is 251 g/mol. The second-order valence-corrected chi connectivity index (χ2v) is 4.70. The molecule has 0 aliphatic rings. The Morgan fingerprint density at radius 3 is 2.60 bits per heavy atom. The summed E-state index contributed by atoms with van der Waals surface area (Å²) in [6.07, 6.45) is 2.27. The van der Waals surface area contributed by atoms with E-state index < -0.39 is 6.04 Å². The van der Waals surface area contributed by atoms with Crippen molar-refractivity contribution < 1.29 is 9.59 Å². The van der Waals surface area contributed by atoms with Gasteiger partial charge in [-0.05, 0) is 12.2 Å². The number of halogens is 1. The molecule has 0 aromatic rings. The van der Waals surface area contributed by atoms with Crippen LogP contribution in [0.1, 0.15) is 26.7 Å². The van der Waals surface area contributed by atoms with Crippen molar-refractivity contribution in [2.45, 2.75) is 32.7 Å². The highest BCUT2D eigenvalue weighted by Gasteiger charge is 2.17. The van der Waals surface area contributed by atoms with Crippen LogP contribution in [-0.2, 0) is 9.59 Å². The maximum absolute atomic E-state index is 11.4. The van der Waals surface area contributed by atoms with Gasteiger partial charge in [0.05, 0.1) is 11.9 Å². The van der Waals surface area contributed by atoms with Gasteiger partial charge in [-0.2, -0.15) is 11.8 Å². The van der Waals surface area contributed by atoms with Crippen molar-refractivity contribution in [1.29, 1.82) is 0 Å². The zero-order chi connectivity index (χ0) is 11.7. The van der Waals surface area contributed by atoms with Crippen LogP contribution in [0.25, 0.3) is 0 Å². The molecule has 0 aromatic heterocycles. The molecule has 0 spiro atoms. The number of thioether (sulfide) groups is 1. The van der Waals surface area contributed by atoms with Gasteiger partial charge in [0, 0.05) is 12.7 Å². The Balaban J connectivity index is 3.90. The van der Waals surface area contributed by atoms with E-state index in [1.54, 1.807) is 11.8 Å². The van der Waals surface area contributed by atoms with Crippen LogP contribution in [0.2, 0.25) is 0 Å². The van der Waals surface area contributed by atoms with Crippen LogP contribution in [0.15, 0.2) is 0 Å². The zero-order valence-corrected chi connectivity index (χ0v) is 10.8.